The average Bonchev–Trinajstić information content (AvgIpc) is 2.59. The summed E-state index contributed by atoms with van der Waals surface area (Å²) >= 11 is 0. The first-order valence-electron chi connectivity index (χ1n) is 10.3. The first kappa shape index (κ1) is 18.5. The van der Waals surface area contributed by atoms with Gasteiger partial charge in [-0.2, -0.15) is 0 Å². The van der Waals surface area contributed by atoms with Crippen molar-refractivity contribution in [2.75, 3.05) is 6.54 Å². The Balaban J connectivity index is 1.46. The van der Waals surface area contributed by atoms with Gasteiger partial charge in [0.2, 0.25) is 10.0 Å². The van der Waals surface area contributed by atoms with Crippen molar-refractivity contribution in [3.05, 3.63) is 29.8 Å². The molecule has 4 heteroatoms. The molecule has 4 saturated carbocycles. The normalized spacial score (nSPS) is 33.6. The smallest absolute Gasteiger partial charge is 0.211 e. The van der Waals surface area contributed by atoms with E-state index in [2.05, 4.69) is 25.5 Å². The zero-order valence-electron chi connectivity index (χ0n) is 16.4. The molecule has 4 bridgehead atoms. The lowest BCUT2D eigenvalue weighted by Crippen LogP contribution is -2.51. The molecule has 1 N–H and O–H groups in total. The lowest BCUT2D eigenvalue weighted by Gasteiger charge is -2.56. The number of hydrogen-bond acceptors (Lipinski definition) is 2. The lowest BCUT2D eigenvalue weighted by atomic mass is 9.50. The molecule has 0 aromatic heterocycles. The van der Waals surface area contributed by atoms with Gasteiger partial charge >= 0.3 is 0 Å². The Morgan fingerprint density at radius 2 is 1.50 bits per heavy atom. The number of rotatable bonds is 6. The summed E-state index contributed by atoms with van der Waals surface area (Å²) in [6.07, 6.45) is 8.88. The molecule has 1 aromatic carbocycles. The molecule has 0 atom stereocenters. The predicted octanol–water partition coefficient (Wildman–Crippen LogP) is 4.87. The molecule has 0 radical (unpaired) electrons. The highest BCUT2D eigenvalue weighted by Gasteiger charge is 2.50. The minimum Gasteiger partial charge on any atom is -0.211 e. The van der Waals surface area contributed by atoms with Crippen LogP contribution >= 0.6 is 0 Å². The van der Waals surface area contributed by atoms with E-state index in [4.69, 9.17) is 0 Å². The maximum absolute atomic E-state index is 12.8. The van der Waals surface area contributed by atoms with Gasteiger partial charge in [0.1, 0.15) is 0 Å². The number of benzene rings is 1. The molecule has 144 valence electrons. The molecule has 26 heavy (non-hydrogen) atoms. The van der Waals surface area contributed by atoms with E-state index < -0.39 is 10.0 Å². The topological polar surface area (TPSA) is 46.2 Å². The lowest BCUT2D eigenvalue weighted by molar-refractivity contribution is -0.0487. The van der Waals surface area contributed by atoms with Gasteiger partial charge in [-0.25, -0.2) is 13.1 Å². The SMILES string of the molecule is CCC(C)(C)c1ccc(S(=O)(=O)NCC23CC4CC(CC(C4)C2)C3)cc1. The van der Waals surface area contributed by atoms with E-state index in [-0.39, 0.29) is 10.8 Å². The first-order chi connectivity index (χ1) is 12.2. The Kier molecular flexibility index (Phi) is 4.51. The van der Waals surface area contributed by atoms with Crippen molar-refractivity contribution in [1.29, 1.82) is 0 Å². The third-order valence-electron chi connectivity index (χ3n) is 7.63. The van der Waals surface area contributed by atoms with Crippen molar-refractivity contribution in [2.24, 2.45) is 23.2 Å². The maximum atomic E-state index is 12.8. The fraction of sp³-hybridized carbons (Fsp3) is 0.727. The third kappa shape index (κ3) is 3.35. The Morgan fingerprint density at radius 3 is 1.96 bits per heavy atom. The molecule has 0 unspecified atom stereocenters. The molecule has 0 spiro atoms. The van der Waals surface area contributed by atoms with Gasteiger partial charge < -0.3 is 0 Å². The van der Waals surface area contributed by atoms with Crippen LogP contribution in [0.3, 0.4) is 0 Å². The number of sulfonamides is 1. The summed E-state index contributed by atoms with van der Waals surface area (Å²) in [6.45, 7) is 7.18. The average molecular weight is 376 g/mol. The first-order valence-corrected chi connectivity index (χ1v) is 11.8. The Labute approximate surface area is 159 Å². The van der Waals surface area contributed by atoms with Gasteiger partial charge in [-0.05, 0) is 91.2 Å². The minimum atomic E-state index is -3.42. The molecule has 0 heterocycles. The number of hydrogen-bond donors (Lipinski definition) is 1. The molecular formula is C22H33NO2S. The van der Waals surface area contributed by atoms with Gasteiger partial charge in [-0.1, -0.05) is 32.9 Å². The van der Waals surface area contributed by atoms with E-state index in [9.17, 15) is 8.42 Å². The summed E-state index contributed by atoms with van der Waals surface area (Å²) in [7, 11) is -3.42. The monoisotopic (exact) mass is 375 g/mol. The summed E-state index contributed by atoms with van der Waals surface area (Å²) < 4.78 is 28.7. The zero-order chi connectivity index (χ0) is 18.6. The van der Waals surface area contributed by atoms with Crippen LogP contribution in [0.2, 0.25) is 0 Å². The van der Waals surface area contributed by atoms with Crippen LogP contribution in [0.1, 0.15) is 71.3 Å². The highest BCUT2D eigenvalue weighted by atomic mass is 32.2. The summed E-state index contributed by atoms with van der Waals surface area (Å²) in [4.78, 5) is 0.401. The van der Waals surface area contributed by atoms with Crippen molar-refractivity contribution in [3.63, 3.8) is 0 Å². The van der Waals surface area contributed by atoms with E-state index in [0.29, 0.717) is 11.4 Å². The quantitative estimate of drug-likeness (QED) is 0.771. The van der Waals surface area contributed by atoms with Gasteiger partial charge in [0.25, 0.3) is 0 Å². The van der Waals surface area contributed by atoms with Crippen molar-refractivity contribution in [1.82, 2.24) is 4.72 Å². The molecular weight excluding hydrogens is 342 g/mol. The van der Waals surface area contributed by atoms with Gasteiger partial charge in [0.05, 0.1) is 4.90 Å². The van der Waals surface area contributed by atoms with Crippen LogP contribution in [0, 0.1) is 23.2 Å². The molecule has 0 saturated heterocycles. The molecule has 0 aliphatic heterocycles. The van der Waals surface area contributed by atoms with E-state index in [1.807, 2.05) is 12.1 Å². The maximum Gasteiger partial charge on any atom is 0.240 e. The minimum absolute atomic E-state index is 0.0783. The second-order valence-electron chi connectivity index (χ2n) is 10.0. The van der Waals surface area contributed by atoms with Gasteiger partial charge in [-0.3, -0.25) is 0 Å². The van der Waals surface area contributed by atoms with Gasteiger partial charge in [0.15, 0.2) is 0 Å². The van der Waals surface area contributed by atoms with Crippen molar-refractivity contribution in [2.45, 2.75) is 76.0 Å². The second kappa shape index (κ2) is 6.34. The largest absolute Gasteiger partial charge is 0.240 e. The molecule has 4 aliphatic carbocycles. The van der Waals surface area contributed by atoms with E-state index >= 15 is 0 Å². The second-order valence-corrected chi connectivity index (χ2v) is 11.8. The van der Waals surface area contributed by atoms with Crippen LogP contribution in [0.25, 0.3) is 0 Å². The molecule has 4 aliphatic rings. The van der Waals surface area contributed by atoms with Crippen LogP contribution in [0.4, 0.5) is 0 Å². The highest BCUT2D eigenvalue weighted by molar-refractivity contribution is 7.89. The van der Waals surface area contributed by atoms with Crippen LogP contribution in [-0.4, -0.2) is 15.0 Å². The highest BCUT2D eigenvalue weighted by Crippen LogP contribution is 2.59. The fourth-order valence-corrected chi connectivity index (χ4v) is 7.28. The summed E-state index contributed by atoms with van der Waals surface area (Å²) in [6, 6.07) is 7.50. The van der Waals surface area contributed by atoms with Crippen molar-refractivity contribution < 1.29 is 8.42 Å². The van der Waals surface area contributed by atoms with Crippen molar-refractivity contribution in [3.8, 4) is 0 Å². The van der Waals surface area contributed by atoms with E-state index in [0.717, 1.165) is 24.2 Å². The summed E-state index contributed by atoms with van der Waals surface area (Å²) in [5.74, 6) is 2.55. The molecule has 1 aromatic rings. The Morgan fingerprint density at radius 1 is 1.00 bits per heavy atom. The summed E-state index contributed by atoms with van der Waals surface area (Å²) in [5, 5.41) is 0. The molecule has 3 nitrogen and oxygen atoms in total. The molecule has 0 amide bonds. The molecule has 4 fully saturated rings. The van der Waals surface area contributed by atoms with Gasteiger partial charge in [0, 0.05) is 6.54 Å². The zero-order valence-corrected chi connectivity index (χ0v) is 17.2. The molecule has 5 rings (SSSR count). The van der Waals surface area contributed by atoms with Gasteiger partial charge in [-0.15, -0.1) is 0 Å². The van der Waals surface area contributed by atoms with Crippen LogP contribution in [0.5, 0.6) is 0 Å². The summed E-state index contributed by atoms with van der Waals surface area (Å²) in [5.41, 5.74) is 1.50. The van der Waals surface area contributed by atoms with Crippen LogP contribution < -0.4 is 4.72 Å². The van der Waals surface area contributed by atoms with E-state index in [1.165, 1.54) is 44.1 Å². The standard InChI is InChI=1S/C22H33NO2S/c1-4-21(2,3)19-5-7-20(8-6-19)26(24,25)23-15-22-12-16-9-17(13-22)11-18(10-16)14-22/h5-8,16-18,23H,4,9-15H2,1-3H3. The van der Waals surface area contributed by atoms with E-state index in [1.54, 1.807) is 12.1 Å². The Bertz CT molecular complexity index is 729. The Hall–Kier alpha value is -0.870. The van der Waals surface area contributed by atoms with Crippen LogP contribution in [-0.2, 0) is 15.4 Å². The predicted molar refractivity (Wildman–Crippen MR) is 106 cm³/mol. The van der Waals surface area contributed by atoms with Crippen LogP contribution in [0.15, 0.2) is 29.2 Å². The third-order valence-corrected chi connectivity index (χ3v) is 9.05. The number of nitrogens with one attached hydrogen (secondary N) is 1. The fourth-order valence-electron chi connectivity index (χ4n) is 6.13. The van der Waals surface area contributed by atoms with Crippen molar-refractivity contribution >= 4 is 10.0 Å².